The van der Waals surface area contributed by atoms with Crippen molar-refractivity contribution in [1.82, 2.24) is 5.32 Å². The second-order valence-electron chi connectivity index (χ2n) is 9.65. The fourth-order valence-corrected chi connectivity index (χ4v) is 4.68. The summed E-state index contributed by atoms with van der Waals surface area (Å²) in [6, 6.07) is 28.5. The molecule has 7 heteroatoms. The molecule has 1 amide bonds. The lowest BCUT2D eigenvalue weighted by Crippen LogP contribution is -2.49. The van der Waals surface area contributed by atoms with Gasteiger partial charge in [-0.25, -0.2) is 8.78 Å². The first-order chi connectivity index (χ1) is 18.5. The van der Waals surface area contributed by atoms with Gasteiger partial charge in [-0.05, 0) is 46.9 Å². The van der Waals surface area contributed by atoms with Crippen molar-refractivity contribution in [1.29, 1.82) is 0 Å². The molecule has 202 valence electrons. The van der Waals surface area contributed by atoms with Gasteiger partial charge in [0.25, 0.3) is 5.92 Å². The van der Waals surface area contributed by atoms with Crippen molar-refractivity contribution < 1.29 is 26.7 Å². The van der Waals surface area contributed by atoms with Crippen LogP contribution in [0.25, 0.3) is 0 Å². The van der Waals surface area contributed by atoms with Crippen LogP contribution in [-0.4, -0.2) is 5.91 Å². The Morgan fingerprint density at radius 3 is 1.67 bits per heavy atom. The second-order valence-corrected chi connectivity index (χ2v) is 9.65. The van der Waals surface area contributed by atoms with Crippen LogP contribution in [-0.2, 0) is 35.3 Å². The van der Waals surface area contributed by atoms with E-state index in [0.29, 0.717) is 12.0 Å². The molecule has 0 heterocycles. The third-order valence-electron chi connectivity index (χ3n) is 6.69. The molecule has 0 fully saturated rings. The summed E-state index contributed by atoms with van der Waals surface area (Å²) in [7, 11) is 0. The van der Waals surface area contributed by atoms with Crippen molar-refractivity contribution in [2.45, 2.75) is 43.8 Å². The van der Waals surface area contributed by atoms with E-state index in [1.807, 2.05) is 30.3 Å². The van der Waals surface area contributed by atoms with E-state index in [9.17, 15) is 26.7 Å². The van der Waals surface area contributed by atoms with Crippen molar-refractivity contribution in [2.75, 3.05) is 0 Å². The fraction of sp³-hybridized carbons (Fsp3) is 0.219. The Bertz CT molecular complexity index is 1340. The minimum Gasteiger partial charge on any atom is -0.342 e. The summed E-state index contributed by atoms with van der Waals surface area (Å²) in [4.78, 5) is 13.5. The van der Waals surface area contributed by atoms with E-state index in [1.54, 1.807) is 36.4 Å². The molecule has 0 saturated heterocycles. The van der Waals surface area contributed by atoms with Crippen LogP contribution in [0.4, 0.5) is 22.0 Å². The molecular weight excluding hydrogens is 509 g/mol. The topological polar surface area (TPSA) is 29.1 Å². The molecule has 0 aliphatic carbocycles. The van der Waals surface area contributed by atoms with Gasteiger partial charge in [0.05, 0.1) is 11.1 Å². The van der Waals surface area contributed by atoms with E-state index in [4.69, 9.17) is 0 Å². The first-order valence-corrected chi connectivity index (χ1v) is 12.5. The molecule has 0 bridgehead atoms. The van der Waals surface area contributed by atoms with Crippen LogP contribution >= 0.6 is 0 Å². The maximum Gasteiger partial charge on any atom is 0.416 e. The fourth-order valence-electron chi connectivity index (χ4n) is 4.68. The van der Waals surface area contributed by atoms with E-state index in [1.165, 1.54) is 30.3 Å². The largest absolute Gasteiger partial charge is 0.416 e. The summed E-state index contributed by atoms with van der Waals surface area (Å²) >= 11 is 0. The van der Waals surface area contributed by atoms with Crippen LogP contribution in [0.3, 0.4) is 0 Å². The van der Waals surface area contributed by atoms with Crippen LogP contribution in [0.15, 0.2) is 109 Å². The van der Waals surface area contributed by atoms with Gasteiger partial charge in [0.2, 0.25) is 5.91 Å². The first kappa shape index (κ1) is 28.0. The number of aryl methyl sites for hydroxylation is 1. The zero-order valence-electron chi connectivity index (χ0n) is 21.3. The zero-order valence-corrected chi connectivity index (χ0v) is 21.3. The number of amides is 1. The van der Waals surface area contributed by atoms with Crippen LogP contribution in [0.2, 0.25) is 0 Å². The molecule has 2 nitrogen and oxygen atoms in total. The second kappa shape index (κ2) is 11.4. The number of benzene rings is 4. The highest BCUT2D eigenvalue weighted by Crippen LogP contribution is 2.39. The van der Waals surface area contributed by atoms with E-state index in [0.717, 1.165) is 24.6 Å². The number of alkyl halides is 5. The summed E-state index contributed by atoms with van der Waals surface area (Å²) in [6.07, 6.45) is -4.12. The number of nitrogens with one attached hydrogen (secondary N) is 1. The van der Waals surface area contributed by atoms with Crippen molar-refractivity contribution >= 4 is 5.91 Å². The third-order valence-corrected chi connectivity index (χ3v) is 6.69. The maximum absolute atomic E-state index is 14.4. The predicted octanol–water partition coefficient (Wildman–Crippen LogP) is 8.05. The Hall–Kier alpha value is -4.00. The minimum absolute atomic E-state index is 0.0466. The number of rotatable bonds is 9. The van der Waals surface area contributed by atoms with E-state index >= 15 is 0 Å². The first-order valence-electron chi connectivity index (χ1n) is 12.5. The SMILES string of the molecule is CC(F)(F)c1cccc(C(Cc2ccccc2)(NC(=O)CCc2ccccc2)c2cccc(C(F)(F)F)c2)c1. The summed E-state index contributed by atoms with van der Waals surface area (Å²) in [5, 5.41) is 2.99. The number of halogens is 5. The van der Waals surface area contributed by atoms with Gasteiger partial charge in [-0.2, -0.15) is 13.2 Å². The Balaban J connectivity index is 1.88. The highest BCUT2D eigenvalue weighted by molar-refractivity contribution is 5.78. The normalized spacial score (nSPS) is 13.5. The lowest BCUT2D eigenvalue weighted by Gasteiger charge is -2.37. The lowest BCUT2D eigenvalue weighted by atomic mass is 9.76. The number of carbonyl (C=O) groups excluding carboxylic acids is 1. The average molecular weight is 538 g/mol. The van der Waals surface area contributed by atoms with Crippen LogP contribution in [0.5, 0.6) is 0 Å². The zero-order chi connectivity index (χ0) is 28.1. The molecule has 0 aliphatic heterocycles. The van der Waals surface area contributed by atoms with Gasteiger partial charge in [-0.15, -0.1) is 0 Å². The number of hydrogen-bond donors (Lipinski definition) is 1. The molecule has 39 heavy (non-hydrogen) atoms. The molecule has 4 rings (SSSR count). The Labute approximate surface area is 224 Å². The quantitative estimate of drug-likeness (QED) is 0.215. The molecule has 0 saturated carbocycles. The summed E-state index contributed by atoms with van der Waals surface area (Å²) in [5.74, 6) is -3.61. The van der Waals surface area contributed by atoms with Gasteiger partial charge >= 0.3 is 6.18 Å². The van der Waals surface area contributed by atoms with Gasteiger partial charge in [0.15, 0.2) is 0 Å². The van der Waals surface area contributed by atoms with Crippen LogP contribution in [0, 0.1) is 0 Å². The molecule has 4 aromatic rings. The minimum atomic E-state index is -4.63. The molecule has 4 aromatic carbocycles. The Morgan fingerprint density at radius 2 is 1.13 bits per heavy atom. The highest BCUT2D eigenvalue weighted by Gasteiger charge is 2.40. The van der Waals surface area contributed by atoms with E-state index in [2.05, 4.69) is 5.32 Å². The summed E-state index contributed by atoms with van der Waals surface area (Å²) in [6.45, 7) is 0.758. The van der Waals surface area contributed by atoms with Crippen molar-refractivity contribution in [3.8, 4) is 0 Å². The third kappa shape index (κ3) is 6.91. The van der Waals surface area contributed by atoms with Crippen molar-refractivity contribution in [2.24, 2.45) is 0 Å². The van der Waals surface area contributed by atoms with Crippen molar-refractivity contribution in [3.05, 3.63) is 143 Å². The Kier molecular flexibility index (Phi) is 8.19. The summed E-state index contributed by atoms with van der Waals surface area (Å²) < 4.78 is 70.2. The maximum atomic E-state index is 14.4. The van der Waals surface area contributed by atoms with Gasteiger partial charge in [-0.3, -0.25) is 4.79 Å². The number of carbonyl (C=O) groups is 1. The van der Waals surface area contributed by atoms with Gasteiger partial charge in [-0.1, -0.05) is 91.0 Å². The molecule has 1 unspecified atom stereocenters. The van der Waals surface area contributed by atoms with E-state index < -0.39 is 29.1 Å². The molecule has 1 atom stereocenters. The molecule has 1 N–H and O–H groups in total. The molecule has 0 spiro atoms. The molecular formula is C32H28F5NO. The standard InChI is InChI=1S/C32H28F5NO/c1-30(33,34)25-14-8-15-26(20-25)31(22-24-12-6-3-7-13-24,27-16-9-17-28(21-27)32(35,36)37)38-29(39)19-18-23-10-4-2-5-11-23/h2-17,20-21H,18-19,22H2,1H3,(H,38,39). The monoisotopic (exact) mass is 537 g/mol. The molecule has 0 aliphatic rings. The van der Waals surface area contributed by atoms with Gasteiger partial charge in [0, 0.05) is 25.3 Å². The van der Waals surface area contributed by atoms with Crippen molar-refractivity contribution in [3.63, 3.8) is 0 Å². The molecule has 0 aromatic heterocycles. The van der Waals surface area contributed by atoms with Crippen LogP contribution < -0.4 is 5.32 Å². The Morgan fingerprint density at radius 1 is 0.641 bits per heavy atom. The van der Waals surface area contributed by atoms with Crippen LogP contribution in [0.1, 0.15) is 46.7 Å². The predicted molar refractivity (Wildman–Crippen MR) is 141 cm³/mol. The van der Waals surface area contributed by atoms with Gasteiger partial charge in [0.1, 0.15) is 0 Å². The highest BCUT2D eigenvalue weighted by atomic mass is 19.4. The lowest BCUT2D eigenvalue weighted by molar-refractivity contribution is -0.137. The smallest absolute Gasteiger partial charge is 0.342 e. The summed E-state index contributed by atoms with van der Waals surface area (Å²) in [5.41, 5.74) is -0.711. The van der Waals surface area contributed by atoms with E-state index in [-0.39, 0.29) is 29.5 Å². The molecule has 0 radical (unpaired) electrons. The van der Waals surface area contributed by atoms with Gasteiger partial charge < -0.3 is 5.32 Å². The number of hydrogen-bond acceptors (Lipinski definition) is 1. The average Bonchev–Trinajstić information content (AvgIpc) is 2.92.